The zero-order valence-electron chi connectivity index (χ0n) is 8.48. The van der Waals surface area contributed by atoms with E-state index in [1.807, 2.05) is 0 Å². The van der Waals surface area contributed by atoms with E-state index in [9.17, 15) is 4.79 Å². The summed E-state index contributed by atoms with van der Waals surface area (Å²) in [5.41, 5.74) is 0.596. The first-order valence-electron chi connectivity index (χ1n) is 4.84. The molecule has 0 radical (unpaired) electrons. The first-order chi connectivity index (χ1) is 7.72. The lowest BCUT2D eigenvalue weighted by atomic mass is 10.4. The summed E-state index contributed by atoms with van der Waals surface area (Å²) in [6.07, 6.45) is 0. The Labute approximate surface area is 105 Å². The molecule has 16 heavy (non-hydrogen) atoms. The van der Waals surface area contributed by atoms with E-state index >= 15 is 0 Å². The SMILES string of the molecule is O=C(O)c1sc(N2CCOCC2)nc1CBr. The molecule has 1 aliphatic rings. The second kappa shape index (κ2) is 5.11. The van der Waals surface area contributed by atoms with Crippen molar-refractivity contribution in [2.24, 2.45) is 0 Å². The van der Waals surface area contributed by atoms with Gasteiger partial charge < -0.3 is 14.7 Å². The predicted molar refractivity (Wildman–Crippen MR) is 64.7 cm³/mol. The summed E-state index contributed by atoms with van der Waals surface area (Å²) in [5.74, 6) is -0.911. The Bertz CT molecular complexity index is 390. The largest absolute Gasteiger partial charge is 0.477 e. The number of aromatic carboxylic acids is 1. The molecule has 1 aromatic heterocycles. The molecule has 0 atom stereocenters. The number of alkyl halides is 1. The van der Waals surface area contributed by atoms with Crippen molar-refractivity contribution in [2.75, 3.05) is 31.2 Å². The van der Waals surface area contributed by atoms with Crippen LogP contribution in [-0.4, -0.2) is 42.4 Å². The fraction of sp³-hybridized carbons (Fsp3) is 0.556. The molecule has 0 unspecified atom stereocenters. The molecule has 2 heterocycles. The number of hydrogen-bond acceptors (Lipinski definition) is 5. The molecule has 1 aromatic rings. The van der Waals surface area contributed by atoms with Crippen molar-refractivity contribution >= 4 is 38.4 Å². The van der Waals surface area contributed by atoms with E-state index in [0.29, 0.717) is 29.1 Å². The highest BCUT2D eigenvalue weighted by Gasteiger charge is 2.21. The summed E-state index contributed by atoms with van der Waals surface area (Å²) in [6, 6.07) is 0. The van der Waals surface area contributed by atoms with Crippen LogP contribution in [0.15, 0.2) is 0 Å². The molecule has 0 bridgehead atoms. The maximum absolute atomic E-state index is 11.0. The van der Waals surface area contributed by atoms with Crippen LogP contribution in [0.2, 0.25) is 0 Å². The van der Waals surface area contributed by atoms with Gasteiger partial charge in [-0.25, -0.2) is 9.78 Å². The van der Waals surface area contributed by atoms with Gasteiger partial charge in [-0.3, -0.25) is 0 Å². The van der Waals surface area contributed by atoms with E-state index < -0.39 is 5.97 Å². The summed E-state index contributed by atoms with van der Waals surface area (Å²) in [7, 11) is 0. The standard InChI is InChI=1S/C9H11BrN2O3S/c10-5-6-7(8(13)14)16-9(11-6)12-1-3-15-4-2-12/h1-5H2,(H,13,14). The zero-order chi connectivity index (χ0) is 11.5. The summed E-state index contributed by atoms with van der Waals surface area (Å²) in [4.78, 5) is 17.7. The zero-order valence-corrected chi connectivity index (χ0v) is 10.9. The van der Waals surface area contributed by atoms with Gasteiger partial charge in [0.05, 0.1) is 18.9 Å². The molecule has 0 spiro atoms. The van der Waals surface area contributed by atoms with Crippen LogP contribution in [0, 0.1) is 0 Å². The number of hydrogen-bond donors (Lipinski definition) is 1. The summed E-state index contributed by atoms with van der Waals surface area (Å²) >= 11 is 4.48. The Morgan fingerprint density at radius 3 is 2.75 bits per heavy atom. The number of aromatic nitrogens is 1. The fourth-order valence-corrected chi connectivity index (χ4v) is 3.05. The van der Waals surface area contributed by atoms with E-state index in [2.05, 4.69) is 25.8 Å². The maximum Gasteiger partial charge on any atom is 0.347 e. The van der Waals surface area contributed by atoms with E-state index in [1.165, 1.54) is 11.3 Å². The second-order valence-corrected chi connectivity index (χ2v) is 4.85. The molecule has 0 saturated carbocycles. The number of ether oxygens (including phenoxy) is 1. The number of anilines is 1. The van der Waals surface area contributed by atoms with Crippen LogP contribution >= 0.6 is 27.3 Å². The number of carboxylic acid groups (broad SMARTS) is 1. The van der Waals surface area contributed by atoms with Crippen molar-refractivity contribution in [3.8, 4) is 0 Å². The van der Waals surface area contributed by atoms with Crippen molar-refractivity contribution in [1.82, 2.24) is 4.98 Å². The van der Waals surface area contributed by atoms with Gasteiger partial charge in [0.25, 0.3) is 0 Å². The molecule has 1 saturated heterocycles. The molecular formula is C9H11BrN2O3S. The molecule has 1 N–H and O–H groups in total. The molecule has 1 fully saturated rings. The first-order valence-corrected chi connectivity index (χ1v) is 6.78. The first kappa shape index (κ1) is 11.8. The Hall–Kier alpha value is -0.660. The van der Waals surface area contributed by atoms with Crippen LogP contribution in [0.1, 0.15) is 15.4 Å². The monoisotopic (exact) mass is 306 g/mol. The van der Waals surface area contributed by atoms with Gasteiger partial charge in [0.2, 0.25) is 0 Å². The van der Waals surface area contributed by atoms with Gasteiger partial charge in [-0.15, -0.1) is 0 Å². The van der Waals surface area contributed by atoms with E-state index in [-0.39, 0.29) is 0 Å². The number of morpholine rings is 1. The van der Waals surface area contributed by atoms with Gasteiger partial charge in [-0.2, -0.15) is 0 Å². The molecular weight excluding hydrogens is 296 g/mol. The van der Waals surface area contributed by atoms with Crippen LogP contribution in [0.25, 0.3) is 0 Å². The van der Waals surface area contributed by atoms with Crippen molar-refractivity contribution in [1.29, 1.82) is 0 Å². The van der Waals surface area contributed by atoms with Gasteiger partial charge >= 0.3 is 5.97 Å². The van der Waals surface area contributed by atoms with Crippen molar-refractivity contribution in [3.05, 3.63) is 10.6 Å². The predicted octanol–water partition coefficient (Wildman–Crippen LogP) is 1.57. The molecule has 1 aliphatic heterocycles. The van der Waals surface area contributed by atoms with Crippen molar-refractivity contribution < 1.29 is 14.6 Å². The van der Waals surface area contributed by atoms with E-state index in [4.69, 9.17) is 9.84 Å². The molecule has 88 valence electrons. The van der Waals surface area contributed by atoms with E-state index in [1.54, 1.807) is 0 Å². The highest BCUT2D eigenvalue weighted by molar-refractivity contribution is 9.08. The smallest absolute Gasteiger partial charge is 0.347 e. The second-order valence-electron chi connectivity index (χ2n) is 3.31. The summed E-state index contributed by atoms with van der Waals surface area (Å²) in [5, 5.41) is 10.3. The fourth-order valence-electron chi connectivity index (χ4n) is 1.49. The van der Waals surface area contributed by atoms with Crippen LogP contribution in [-0.2, 0) is 10.1 Å². The lowest BCUT2D eigenvalue weighted by Crippen LogP contribution is -2.36. The Morgan fingerprint density at radius 2 is 2.25 bits per heavy atom. The number of carboxylic acids is 1. The van der Waals surface area contributed by atoms with Gasteiger partial charge in [-0.05, 0) is 0 Å². The third kappa shape index (κ3) is 2.36. The number of halogens is 1. The van der Waals surface area contributed by atoms with Gasteiger partial charge in [0.1, 0.15) is 4.88 Å². The number of rotatable bonds is 3. The van der Waals surface area contributed by atoms with Crippen LogP contribution in [0.4, 0.5) is 5.13 Å². The van der Waals surface area contributed by atoms with E-state index in [0.717, 1.165) is 18.2 Å². The molecule has 0 aromatic carbocycles. The lowest BCUT2D eigenvalue weighted by Gasteiger charge is -2.25. The number of thiazole rings is 1. The van der Waals surface area contributed by atoms with Gasteiger partial charge in [0.15, 0.2) is 5.13 Å². The lowest BCUT2D eigenvalue weighted by molar-refractivity contribution is 0.0701. The summed E-state index contributed by atoms with van der Waals surface area (Å²) < 4.78 is 5.24. The van der Waals surface area contributed by atoms with Crippen LogP contribution < -0.4 is 4.90 Å². The number of carbonyl (C=O) groups is 1. The minimum absolute atomic E-state index is 0.318. The normalized spacial score (nSPS) is 16.4. The molecule has 2 rings (SSSR count). The highest BCUT2D eigenvalue weighted by Crippen LogP contribution is 2.28. The third-order valence-electron chi connectivity index (χ3n) is 2.29. The maximum atomic E-state index is 11.0. The summed E-state index contributed by atoms with van der Waals surface area (Å²) in [6.45, 7) is 2.89. The molecule has 7 heteroatoms. The topological polar surface area (TPSA) is 62.7 Å². The van der Waals surface area contributed by atoms with Gasteiger partial charge in [-0.1, -0.05) is 27.3 Å². The average Bonchev–Trinajstić information content (AvgIpc) is 2.74. The highest BCUT2D eigenvalue weighted by atomic mass is 79.9. The third-order valence-corrected chi connectivity index (χ3v) is 3.97. The van der Waals surface area contributed by atoms with Crippen molar-refractivity contribution in [2.45, 2.75) is 5.33 Å². The van der Waals surface area contributed by atoms with Crippen LogP contribution in [0.3, 0.4) is 0 Å². The van der Waals surface area contributed by atoms with Crippen LogP contribution in [0.5, 0.6) is 0 Å². The Kier molecular flexibility index (Phi) is 3.78. The minimum Gasteiger partial charge on any atom is -0.477 e. The number of nitrogens with zero attached hydrogens (tertiary/aromatic N) is 2. The molecule has 0 amide bonds. The van der Waals surface area contributed by atoms with Crippen molar-refractivity contribution in [3.63, 3.8) is 0 Å². The minimum atomic E-state index is -0.911. The molecule has 0 aliphatic carbocycles. The Balaban J connectivity index is 2.24. The molecule has 5 nitrogen and oxygen atoms in total. The van der Waals surface area contributed by atoms with Gasteiger partial charge in [0, 0.05) is 18.4 Å². The Morgan fingerprint density at radius 1 is 1.56 bits per heavy atom. The average molecular weight is 307 g/mol. The quantitative estimate of drug-likeness (QED) is 0.859.